The van der Waals surface area contributed by atoms with E-state index in [2.05, 4.69) is 10.3 Å². The Morgan fingerprint density at radius 3 is 2.25 bits per heavy atom. The molecule has 102 valence electrons. The minimum absolute atomic E-state index is 0.236. The van der Waals surface area contributed by atoms with E-state index < -0.39 is 11.7 Å². The van der Waals surface area contributed by atoms with Gasteiger partial charge in [0, 0.05) is 18.0 Å². The number of carbonyl (C=O) groups is 2. The van der Waals surface area contributed by atoms with Crippen LogP contribution in [0.1, 0.15) is 34.5 Å². The first-order valence-electron chi connectivity index (χ1n) is 6.39. The van der Waals surface area contributed by atoms with Gasteiger partial charge in [-0.05, 0) is 31.5 Å². The number of rotatable bonds is 4. The lowest BCUT2D eigenvalue weighted by Gasteiger charge is -2.13. The van der Waals surface area contributed by atoms with Crippen molar-refractivity contribution < 1.29 is 9.59 Å². The first-order valence-corrected chi connectivity index (χ1v) is 6.39. The lowest BCUT2D eigenvalue weighted by Crippen LogP contribution is -2.33. The van der Waals surface area contributed by atoms with Crippen molar-refractivity contribution in [2.24, 2.45) is 0 Å². The summed E-state index contributed by atoms with van der Waals surface area (Å²) < 4.78 is 0. The molecule has 0 spiro atoms. The SMILES string of the molecule is Cc1ccc(C(=O)C(=O)NC(C)c2ccncc2)cc1. The summed E-state index contributed by atoms with van der Waals surface area (Å²) in [4.78, 5) is 27.9. The molecule has 1 aromatic heterocycles. The molecule has 20 heavy (non-hydrogen) atoms. The first kappa shape index (κ1) is 13.9. The van der Waals surface area contributed by atoms with Crippen LogP contribution in [0.4, 0.5) is 0 Å². The number of amides is 1. The summed E-state index contributed by atoms with van der Waals surface area (Å²) in [5.74, 6) is -1.12. The van der Waals surface area contributed by atoms with Gasteiger partial charge in [0.25, 0.3) is 5.91 Å². The fraction of sp³-hybridized carbons (Fsp3) is 0.188. The Morgan fingerprint density at radius 1 is 1.05 bits per heavy atom. The number of aromatic nitrogens is 1. The normalized spacial score (nSPS) is 11.7. The molecule has 0 fully saturated rings. The Labute approximate surface area is 117 Å². The van der Waals surface area contributed by atoms with Gasteiger partial charge in [0.15, 0.2) is 0 Å². The maximum Gasteiger partial charge on any atom is 0.292 e. The molecule has 1 aromatic carbocycles. The highest BCUT2D eigenvalue weighted by atomic mass is 16.2. The van der Waals surface area contributed by atoms with E-state index in [9.17, 15) is 9.59 Å². The Bertz CT molecular complexity index is 606. The zero-order valence-electron chi connectivity index (χ0n) is 11.5. The molecular formula is C16H16N2O2. The van der Waals surface area contributed by atoms with Gasteiger partial charge >= 0.3 is 0 Å². The van der Waals surface area contributed by atoms with Crippen molar-refractivity contribution >= 4 is 11.7 Å². The van der Waals surface area contributed by atoms with E-state index in [0.717, 1.165) is 11.1 Å². The van der Waals surface area contributed by atoms with E-state index in [4.69, 9.17) is 0 Å². The Hall–Kier alpha value is -2.49. The summed E-state index contributed by atoms with van der Waals surface area (Å²) in [7, 11) is 0. The molecule has 1 heterocycles. The van der Waals surface area contributed by atoms with Crippen molar-refractivity contribution in [2.45, 2.75) is 19.9 Å². The van der Waals surface area contributed by atoms with E-state index in [1.54, 1.807) is 36.7 Å². The third-order valence-electron chi connectivity index (χ3n) is 3.07. The number of nitrogens with zero attached hydrogens (tertiary/aromatic N) is 1. The van der Waals surface area contributed by atoms with E-state index >= 15 is 0 Å². The van der Waals surface area contributed by atoms with E-state index in [-0.39, 0.29) is 6.04 Å². The molecule has 1 N–H and O–H groups in total. The molecule has 0 saturated heterocycles. The maximum atomic E-state index is 12.0. The maximum absolute atomic E-state index is 12.0. The average Bonchev–Trinajstić information content (AvgIpc) is 2.48. The quantitative estimate of drug-likeness (QED) is 0.684. The highest BCUT2D eigenvalue weighted by Gasteiger charge is 2.18. The second-order valence-corrected chi connectivity index (χ2v) is 4.67. The molecule has 0 aliphatic rings. The number of hydrogen-bond acceptors (Lipinski definition) is 3. The van der Waals surface area contributed by atoms with E-state index in [1.165, 1.54) is 0 Å². The first-order chi connectivity index (χ1) is 9.58. The van der Waals surface area contributed by atoms with Crippen LogP contribution in [0, 0.1) is 6.92 Å². The van der Waals surface area contributed by atoms with Crippen molar-refractivity contribution in [3.05, 3.63) is 65.5 Å². The molecule has 4 nitrogen and oxygen atoms in total. The minimum Gasteiger partial charge on any atom is -0.343 e. The molecular weight excluding hydrogens is 252 g/mol. The van der Waals surface area contributed by atoms with Crippen LogP contribution in [0.15, 0.2) is 48.8 Å². The summed E-state index contributed by atoms with van der Waals surface area (Å²) in [5.41, 5.74) is 2.35. The number of Topliss-reactive ketones (excluding diaryl/α,β-unsaturated/α-hetero) is 1. The number of nitrogens with one attached hydrogen (secondary N) is 1. The van der Waals surface area contributed by atoms with Crippen LogP contribution in [0.2, 0.25) is 0 Å². The van der Waals surface area contributed by atoms with Gasteiger partial charge in [-0.25, -0.2) is 0 Å². The molecule has 0 aliphatic carbocycles. The van der Waals surface area contributed by atoms with Crippen molar-refractivity contribution in [3.8, 4) is 0 Å². The van der Waals surface area contributed by atoms with Crippen LogP contribution in [-0.2, 0) is 4.79 Å². The van der Waals surface area contributed by atoms with Gasteiger partial charge in [0.1, 0.15) is 0 Å². The summed E-state index contributed by atoms with van der Waals surface area (Å²) in [6.45, 7) is 3.76. The Balaban J connectivity index is 2.05. The minimum atomic E-state index is -0.599. The van der Waals surface area contributed by atoms with E-state index in [0.29, 0.717) is 5.56 Å². The molecule has 1 amide bonds. The Kier molecular flexibility index (Phi) is 4.25. The third-order valence-corrected chi connectivity index (χ3v) is 3.07. The second kappa shape index (κ2) is 6.10. The number of hydrogen-bond donors (Lipinski definition) is 1. The largest absolute Gasteiger partial charge is 0.343 e. The molecule has 0 bridgehead atoms. The van der Waals surface area contributed by atoms with Crippen LogP contribution in [0.25, 0.3) is 0 Å². The second-order valence-electron chi connectivity index (χ2n) is 4.67. The highest BCUT2D eigenvalue weighted by Crippen LogP contribution is 2.11. The fourth-order valence-corrected chi connectivity index (χ4v) is 1.83. The van der Waals surface area contributed by atoms with E-state index in [1.807, 2.05) is 26.0 Å². The molecule has 0 aliphatic heterocycles. The summed E-state index contributed by atoms with van der Waals surface area (Å²) >= 11 is 0. The zero-order valence-corrected chi connectivity index (χ0v) is 11.5. The number of carbonyl (C=O) groups excluding carboxylic acids is 2. The van der Waals surface area contributed by atoms with Crippen molar-refractivity contribution in [2.75, 3.05) is 0 Å². The van der Waals surface area contributed by atoms with Crippen LogP contribution < -0.4 is 5.32 Å². The Morgan fingerprint density at radius 2 is 1.65 bits per heavy atom. The highest BCUT2D eigenvalue weighted by molar-refractivity contribution is 6.42. The topological polar surface area (TPSA) is 59.1 Å². The van der Waals surface area contributed by atoms with Crippen molar-refractivity contribution in [1.82, 2.24) is 10.3 Å². The monoisotopic (exact) mass is 268 g/mol. The lowest BCUT2D eigenvalue weighted by atomic mass is 10.1. The summed E-state index contributed by atoms with van der Waals surface area (Å²) in [6.07, 6.45) is 3.31. The molecule has 2 aromatic rings. The third kappa shape index (κ3) is 3.29. The van der Waals surface area contributed by atoms with Crippen LogP contribution in [-0.4, -0.2) is 16.7 Å². The van der Waals surface area contributed by atoms with Crippen molar-refractivity contribution in [3.63, 3.8) is 0 Å². The number of ketones is 1. The zero-order chi connectivity index (χ0) is 14.5. The molecule has 4 heteroatoms. The van der Waals surface area contributed by atoms with Crippen molar-refractivity contribution in [1.29, 1.82) is 0 Å². The van der Waals surface area contributed by atoms with Crippen LogP contribution in [0.3, 0.4) is 0 Å². The molecule has 0 saturated carbocycles. The van der Waals surface area contributed by atoms with Gasteiger partial charge in [0.05, 0.1) is 6.04 Å². The van der Waals surface area contributed by atoms with Gasteiger partial charge in [-0.3, -0.25) is 14.6 Å². The molecule has 1 atom stereocenters. The smallest absolute Gasteiger partial charge is 0.292 e. The molecule has 2 rings (SSSR count). The van der Waals surface area contributed by atoms with Gasteiger partial charge in [-0.2, -0.15) is 0 Å². The predicted molar refractivity (Wildman–Crippen MR) is 76.3 cm³/mol. The molecule has 1 unspecified atom stereocenters. The number of pyridine rings is 1. The van der Waals surface area contributed by atoms with Crippen LogP contribution in [0.5, 0.6) is 0 Å². The van der Waals surface area contributed by atoms with Crippen LogP contribution >= 0.6 is 0 Å². The standard InChI is InChI=1S/C16H16N2O2/c1-11-3-5-14(6-4-11)15(19)16(20)18-12(2)13-7-9-17-10-8-13/h3-10,12H,1-2H3,(H,18,20). The average molecular weight is 268 g/mol. The van der Waals surface area contributed by atoms with Gasteiger partial charge in [-0.15, -0.1) is 0 Å². The molecule has 0 radical (unpaired) electrons. The summed E-state index contributed by atoms with van der Waals surface area (Å²) in [6, 6.07) is 10.3. The summed E-state index contributed by atoms with van der Waals surface area (Å²) in [5, 5.41) is 2.69. The number of benzene rings is 1. The fourth-order valence-electron chi connectivity index (χ4n) is 1.83. The number of aryl methyl sites for hydroxylation is 1. The predicted octanol–water partition coefficient (Wildman–Crippen LogP) is 2.45. The van der Waals surface area contributed by atoms with Gasteiger partial charge in [-0.1, -0.05) is 29.8 Å². The van der Waals surface area contributed by atoms with Gasteiger partial charge < -0.3 is 5.32 Å². The van der Waals surface area contributed by atoms with Gasteiger partial charge in [0.2, 0.25) is 5.78 Å². The lowest BCUT2D eigenvalue weighted by molar-refractivity contribution is -0.117.